The van der Waals surface area contributed by atoms with Gasteiger partial charge in [-0.15, -0.1) is 0 Å². The molecule has 0 amide bonds. The molecule has 416 valence electrons. The Labute approximate surface area is 510 Å². The molecule has 14 aromatic rings. The van der Waals surface area contributed by atoms with Crippen LogP contribution in [0.4, 0.5) is 34.1 Å². The van der Waals surface area contributed by atoms with Crippen LogP contribution >= 0.6 is 0 Å². The second-order valence-corrected chi connectivity index (χ2v) is 24.0. The Kier molecular flexibility index (Phi) is 13.2. The zero-order valence-corrected chi connectivity index (χ0v) is 49.3. The van der Waals surface area contributed by atoms with Crippen LogP contribution in [-0.4, -0.2) is 0 Å². The van der Waals surface area contributed by atoms with Crippen LogP contribution in [0.1, 0.15) is 49.9 Å². The van der Waals surface area contributed by atoms with E-state index < -0.39 is 0 Å². The van der Waals surface area contributed by atoms with Gasteiger partial charge in [0.05, 0.1) is 11.4 Å². The van der Waals surface area contributed by atoms with E-state index in [0.29, 0.717) is 0 Å². The molecule has 0 spiro atoms. The summed E-state index contributed by atoms with van der Waals surface area (Å²) in [5, 5.41) is 2.28. The first-order chi connectivity index (χ1) is 42.7. The molecular formula is C84H64N2O. The minimum atomic E-state index is -0.164. The normalized spacial score (nSPS) is 13.0. The lowest BCUT2D eigenvalue weighted by Gasteiger charge is -2.32. The molecule has 0 N–H and O–H groups in total. The van der Waals surface area contributed by atoms with Gasteiger partial charge in [0, 0.05) is 49.9 Å². The highest BCUT2D eigenvalue weighted by Crippen LogP contribution is 2.56. The molecular weight excluding hydrogens is 1050 g/mol. The highest BCUT2D eigenvalue weighted by atomic mass is 16.3. The minimum absolute atomic E-state index is 0.116. The number of anilines is 6. The van der Waals surface area contributed by atoms with Crippen molar-refractivity contribution in [3.05, 3.63) is 338 Å². The maximum atomic E-state index is 6.47. The fourth-order valence-corrected chi connectivity index (χ4v) is 14.0. The predicted octanol–water partition coefficient (Wildman–Crippen LogP) is 23.5. The number of rotatable bonds is 10. The maximum Gasteiger partial charge on any atom is 0.143 e. The minimum Gasteiger partial charge on any atom is -0.455 e. The van der Waals surface area contributed by atoms with Crippen molar-refractivity contribution in [2.75, 3.05) is 9.80 Å². The van der Waals surface area contributed by atoms with Gasteiger partial charge in [0.15, 0.2) is 0 Å². The summed E-state index contributed by atoms with van der Waals surface area (Å²) in [6.45, 7) is 9.43. The van der Waals surface area contributed by atoms with Crippen LogP contribution in [0.15, 0.2) is 320 Å². The fourth-order valence-electron chi connectivity index (χ4n) is 14.0. The van der Waals surface area contributed by atoms with Gasteiger partial charge >= 0.3 is 0 Å². The van der Waals surface area contributed by atoms with Gasteiger partial charge in [-0.25, -0.2) is 0 Å². The molecule has 2 aliphatic carbocycles. The first-order valence-electron chi connectivity index (χ1n) is 30.2. The standard InChI is InChI=1S/C45H33NO.C39H31N/c1-45(2)40-22-8-6-17-36(40)38-20-12-23-41(43(38)45)46(33-27-25-31(26-28-33)30-13-4-3-5-14-30)34-16-10-15-32(29-34)35-19-11-21-39-37-18-7-9-24-42(37)47-44(35)39;1-39(2)36-18-10-9-16-34(36)35-17-11-19-37(38(35)39)40(32-24-20-30(21-25-32)28-12-5-3-6-13-28)33-26-22-31(23-27-33)29-14-7-4-8-15-29/h3-29H,1-2H3;3-27H,1-2H3. The number of fused-ring (bicyclic) bond motifs is 9. The molecule has 1 aromatic heterocycles. The summed E-state index contributed by atoms with van der Waals surface area (Å²) in [7, 11) is 0. The van der Waals surface area contributed by atoms with E-state index in [0.717, 1.165) is 55.8 Å². The molecule has 87 heavy (non-hydrogen) atoms. The molecule has 13 aromatic carbocycles. The van der Waals surface area contributed by atoms with E-state index in [4.69, 9.17) is 4.42 Å². The molecule has 1 heterocycles. The predicted molar refractivity (Wildman–Crippen MR) is 366 cm³/mol. The summed E-state index contributed by atoms with van der Waals surface area (Å²) in [6, 6.07) is 114. The number of benzene rings is 13. The van der Waals surface area contributed by atoms with E-state index in [1.165, 1.54) is 89.3 Å². The van der Waals surface area contributed by atoms with Crippen LogP contribution in [0.5, 0.6) is 0 Å². The molecule has 0 aliphatic heterocycles. The lowest BCUT2D eigenvalue weighted by Crippen LogP contribution is -2.20. The molecule has 0 bridgehead atoms. The number of para-hydroxylation sites is 2. The van der Waals surface area contributed by atoms with Crippen molar-refractivity contribution in [3.63, 3.8) is 0 Å². The SMILES string of the molecule is CC1(C)c2ccccc2-c2cccc(N(c3ccc(-c4ccccc4)cc3)c3ccc(-c4ccccc4)cc3)c21.CC1(C)c2ccccc2-c2cccc(N(c3ccc(-c4ccccc4)cc3)c3cccc(-c4cccc5c4oc4ccccc45)c3)c21. The van der Waals surface area contributed by atoms with Crippen LogP contribution in [-0.2, 0) is 10.8 Å². The molecule has 0 saturated heterocycles. The summed E-state index contributed by atoms with van der Waals surface area (Å²) in [5.41, 5.74) is 28.7. The van der Waals surface area contributed by atoms with E-state index in [9.17, 15) is 0 Å². The molecule has 3 heteroatoms. The van der Waals surface area contributed by atoms with E-state index in [-0.39, 0.29) is 10.8 Å². The average molecular weight is 1120 g/mol. The Hall–Kier alpha value is -10.7. The maximum absolute atomic E-state index is 6.47. The molecule has 0 radical (unpaired) electrons. The van der Waals surface area contributed by atoms with Crippen LogP contribution in [0, 0.1) is 0 Å². The van der Waals surface area contributed by atoms with Crippen LogP contribution in [0.25, 0.3) is 88.7 Å². The van der Waals surface area contributed by atoms with Crippen LogP contribution in [0.2, 0.25) is 0 Å². The van der Waals surface area contributed by atoms with Crippen molar-refractivity contribution in [1.29, 1.82) is 0 Å². The Morgan fingerprint density at radius 2 is 0.598 bits per heavy atom. The van der Waals surface area contributed by atoms with Gasteiger partial charge in [-0.05, 0) is 150 Å². The molecule has 0 atom stereocenters. The first-order valence-corrected chi connectivity index (χ1v) is 30.2. The molecule has 0 fully saturated rings. The Bertz CT molecular complexity index is 4750. The van der Waals surface area contributed by atoms with Gasteiger partial charge in [-0.2, -0.15) is 0 Å². The van der Waals surface area contributed by atoms with Gasteiger partial charge in [-0.3, -0.25) is 0 Å². The zero-order valence-electron chi connectivity index (χ0n) is 49.3. The van der Waals surface area contributed by atoms with E-state index >= 15 is 0 Å². The monoisotopic (exact) mass is 1120 g/mol. The van der Waals surface area contributed by atoms with Gasteiger partial charge in [0.2, 0.25) is 0 Å². The summed E-state index contributed by atoms with van der Waals surface area (Å²) < 4.78 is 6.47. The number of nitrogens with zero attached hydrogens (tertiary/aromatic N) is 2. The number of furan rings is 1. The van der Waals surface area contributed by atoms with Gasteiger partial charge < -0.3 is 14.2 Å². The topological polar surface area (TPSA) is 19.6 Å². The van der Waals surface area contributed by atoms with E-state index in [2.05, 4.69) is 341 Å². The van der Waals surface area contributed by atoms with Gasteiger partial charge in [0.1, 0.15) is 11.2 Å². The van der Waals surface area contributed by atoms with Crippen molar-refractivity contribution >= 4 is 56.1 Å². The fraction of sp³-hybridized carbons (Fsp3) is 0.0714. The van der Waals surface area contributed by atoms with E-state index in [1.54, 1.807) is 0 Å². The highest BCUT2D eigenvalue weighted by molar-refractivity contribution is 6.10. The lowest BCUT2D eigenvalue weighted by molar-refractivity contribution is 0.660. The second kappa shape index (κ2) is 21.7. The van der Waals surface area contributed by atoms with Crippen LogP contribution < -0.4 is 9.80 Å². The third-order valence-electron chi connectivity index (χ3n) is 18.1. The largest absolute Gasteiger partial charge is 0.455 e. The molecule has 0 saturated carbocycles. The van der Waals surface area contributed by atoms with Crippen molar-refractivity contribution in [3.8, 4) is 66.8 Å². The number of hydrogen-bond acceptors (Lipinski definition) is 3. The summed E-state index contributed by atoms with van der Waals surface area (Å²) >= 11 is 0. The first kappa shape index (κ1) is 53.0. The Morgan fingerprint density at radius 1 is 0.253 bits per heavy atom. The van der Waals surface area contributed by atoms with Crippen molar-refractivity contribution in [2.45, 2.75) is 38.5 Å². The Balaban J connectivity index is 0.000000149. The molecule has 0 unspecified atom stereocenters. The van der Waals surface area contributed by atoms with Gasteiger partial charge in [-0.1, -0.05) is 276 Å². The van der Waals surface area contributed by atoms with Crippen molar-refractivity contribution in [2.24, 2.45) is 0 Å². The highest BCUT2D eigenvalue weighted by Gasteiger charge is 2.40. The van der Waals surface area contributed by atoms with Gasteiger partial charge in [0.25, 0.3) is 0 Å². The summed E-state index contributed by atoms with van der Waals surface area (Å²) in [5.74, 6) is 0. The molecule has 16 rings (SSSR count). The van der Waals surface area contributed by atoms with E-state index in [1.807, 2.05) is 12.1 Å². The number of hydrogen-bond donors (Lipinski definition) is 0. The summed E-state index contributed by atoms with van der Waals surface area (Å²) in [6.07, 6.45) is 0. The third-order valence-corrected chi connectivity index (χ3v) is 18.1. The second-order valence-electron chi connectivity index (χ2n) is 24.0. The smallest absolute Gasteiger partial charge is 0.143 e. The van der Waals surface area contributed by atoms with Crippen molar-refractivity contribution in [1.82, 2.24) is 0 Å². The third kappa shape index (κ3) is 9.31. The summed E-state index contributed by atoms with van der Waals surface area (Å²) in [4.78, 5) is 4.86. The quantitative estimate of drug-likeness (QED) is 0.136. The van der Waals surface area contributed by atoms with Crippen LogP contribution in [0.3, 0.4) is 0 Å². The zero-order chi connectivity index (χ0) is 58.6. The molecule has 2 aliphatic rings. The molecule has 3 nitrogen and oxygen atoms in total. The van der Waals surface area contributed by atoms with Crippen molar-refractivity contribution < 1.29 is 4.42 Å². The Morgan fingerprint density at radius 3 is 1.08 bits per heavy atom. The average Bonchev–Trinajstić information content (AvgIpc) is 1.81. The lowest BCUT2D eigenvalue weighted by atomic mass is 9.81.